The number of imide groups is 1. The Kier molecular flexibility index (Phi) is 2.77. The monoisotopic (exact) mass is 308 g/mol. The second kappa shape index (κ2) is 4.68. The van der Waals surface area contributed by atoms with Crippen molar-refractivity contribution in [2.24, 2.45) is 7.05 Å². The highest BCUT2D eigenvalue weighted by Crippen LogP contribution is 2.36. The van der Waals surface area contributed by atoms with Gasteiger partial charge in [-0.1, -0.05) is 24.3 Å². The van der Waals surface area contributed by atoms with E-state index in [1.54, 1.807) is 0 Å². The minimum absolute atomic E-state index is 0.324. The van der Waals surface area contributed by atoms with Crippen molar-refractivity contribution in [2.45, 2.75) is 0 Å². The van der Waals surface area contributed by atoms with Gasteiger partial charge in [0.15, 0.2) is 0 Å². The molecular weight excluding hydrogens is 296 g/mol. The number of carbonyl (C=O) groups is 2. The third-order valence-corrected chi connectivity index (χ3v) is 4.75. The molecule has 2 aromatic heterocycles. The smallest absolute Gasteiger partial charge is 0.260 e. The molecule has 0 saturated carbocycles. The van der Waals surface area contributed by atoms with E-state index in [0.29, 0.717) is 11.1 Å². The number of rotatable bonds is 2. The van der Waals surface area contributed by atoms with Gasteiger partial charge in [-0.3, -0.25) is 14.9 Å². The Morgan fingerprint density at radius 1 is 1.00 bits per heavy atom. The quantitative estimate of drug-likeness (QED) is 0.740. The number of fused-ring (bicyclic) bond motifs is 1. The molecule has 0 bridgehead atoms. The van der Waals surface area contributed by atoms with Gasteiger partial charge < -0.3 is 4.57 Å². The molecule has 2 amide bonds. The Morgan fingerprint density at radius 3 is 2.55 bits per heavy atom. The van der Waals surface area contributed by atoms with Crippen LogP contribution in [0.3, 0.4) is 0 Å². The van der Waals surface area contributed by atoms with Gasteiger partial charge in [0.1, 0.15) is 0 Å². The highest BCUT2D eigenvalue weighted by molar-refractivity contribution is 7.11. The summed E-state index contributed by atoms with van der Waals surface area (Å²) in [6.45, 7) is 0. The molecule has 1 aliphatic heterocycles. The third-order valence-electron chi connectivity index (χ3n) is 3.87. The largest absolute Gasteiger partial charge is 0.350 e. The molecule has 1 aliphatic rings. The molecule has 3 aromatic rings. The van der Waals surface area contributed by atoms with Crippen molar-refractivity contribution in [1.82, 2.24) is 9.88 Å². The maximum Gasteiger partial charge on any atom is 0.260 e. The standard InChI is InChI=1S/C17H12N2O2S/c1-19-9-11(10-5-2-3-6-12(10)19)14-15(13-7-4-8-22-13)17(21)18-16(14)20/h2-9H,1H3,(H,18,20,21). The van der Waals surface area contributed by atoms with Crippen LogP contribution in [-0.4, -0.2) is 16.4 Å². The van der Waals surface area contributed by atoms with Crippen LogP contribution in [0.15, 0.2) is 48.0 Å². The van der Waals surface area contributed by atoms with Crippen molar-refractivity contribution in [2.75, 3.05) is 0 Å². The van der Waals surface area contributed by atoms with Crippen LogP contribution in [0.5, 0.6) is 0 Å². The van der Waals surface area contributed by atoms with Crippen LogP contribution in [0.2, 0.25) is 0 Å². The summed E-state index contributed by atoms with van der Waals surface area (Å²) in [7, 11) is 1.94. The minimum atomic E-state index is -0.329. The van der Waals surface area contributed by atoms with Gasteiger partial charge in [0.25, 0.3) is 11.8 Å². The molecule has 4 rings (SSSR count). The summed E-state index contributed by atoms with van der Waals surface area (Å²) in [6, 6.07) is 11.6. The van der Waals surface area contributed by atoms with Crippen molar-refractivity contribution >= 4 is 45.2 Å². The van der Waals surface area contributed by atoms with Crippen LogP contribution in [0.25, 0.3) is 22.0 Å². The van der Waals surface area contributed by atoms with E-state index >= 15 is 0 Å². The van der Waals surface area contributed by atoms with Crippen LogP contribution in [-0.2, 0) is 16.6 Å². The summed E-state index contributed by atoms with van der Waals surface area (Å²) < 4.78 is 1.97. The Hall–Kier alpha value is -2.66. The van der Waals surface area contributed by atoms with E-state index in [2.05, 4.69) is 5.32 Å². The van der Waals surface area contributed by atoms with E-state index in [-0.39, 0.29) is 11.8 Å². The van der Waals surface area contributed by atoms with E-state index in [1.807, 2.05) is 59.6 Å². The number of aromatic nitrogens is 1. The summed E-state index contributed by atoms with van der Waals surface area (Å²) >= 11 is 1.46. The molecule has 0 fully saturated rings. The lowest BCUT2D eigenvalue weighted by molar-refractivity contribution is -0.122. The van der Waals surface area contributed by atoms with Crippen molar-refractivity contribution in [3.05, 3.63) is 58.4 Å². The fraction of sp³-hybridized carbons (Fsp3) is 0.0588. The van der Waals surface area contributed by atoms with Crippen LogP contribution in [0.4, 0.5) is 0 Å². The number of benzene rings is 1. The molecule has 22 heavy (non-hydrogen) atoms. The average Bonchev–Trinajstić information content (AvgIpc) is 3.19. The Balaban J connectivity index is 2.06. The molecule has 108 valence electrons. The van der Waals surface area contributed by atoms with Crippen LogP contribution in [0.1, 0.15) is 10.4 Å². The topological polar surface area (TPSA) is 51.1 Å². The lowest BCUT2D eigenvalue weighted by Crippen LogP contribution is -2.22. The lowest BCUT2D eigenvalue weighted by atomic mass is 10.00. The van der Waals surface area contributed by atoms with Crippen LogP contribution >= 0.6 is 11.3 Å². The van der Waals surface area contributed by atoms with E-state index in [4.69, 9.17) is 0 Å². The van der Waals surface area contributed by atoms with Crippen LogP contribution in [0, 0.1) is 0 Å². The van der Waals surface area contributed by atoms with E-state index in [1.165, 1.54) is 11.3 Å². The number of aryl methyl sites for hydroxylation is 1. The first-order valence-corrected chi connectivity index (χ1v) is 7.73. The van der Waals surface area contributed by atoms with Gasteiger partial charge >= 0.3 is 0 Å². The lowest BCUT2D eigenvalue weighted by Gasteiger charge is -2.01. The second-order valence-corrected chi connectivity index (χ2v) is 6.13. The number of hydrogen-bond acceptors (Lipinski definition) is 3. The number of amides is 2. The van der Waals surface area contributed by atoms with Gasteiger partial charge in [0.2, 0.25) is 0 Å². The van der Waals surface area contributed by atoms with Gasteiger partial charge in [-0.05, 0) is 17.5 Å². The molecule has 1 N–H and O–H groups in total. The number of carbonyl (C=O) groups excluding carboxylic acids is 2. The Bertz CT molecular complexity index is 948. The summed E-state index contributed by atoms with van der Waals surface area (Å²) in [5.74, 6) is -0.653. The zero-order valence-corrected chi connectivity index (χ0v) is 12.6. The number of thiophene rings is 1. The number of nitrogens with one attached hydrogen (secondary N) is 1. The number of nitrogens with zero attached hydrogens (tertiary/aromatic N) is 1. The third kappa shape index (κ3) is 1.76. The Labute approximate surface area is 130 Å². The van der Waals surface area contributed by atoms with Gasteiger partial charge in [-0.25, -0.2) is 0 Å². The zero-order chi connectivity index (χ0) is 15.3. The first kappa shape index (κ1) is 13.0. The second-order valence-electron chi connectivity index (χ2n) is 5.18. The molecule has 1 aromatic carbocycles. The predicted octanol–water partition coefficient (Wildman–Crippen LogP) is 2.81. The van der Waals surface area contributed by atoms with Gasteiger partial charge in [-0.15, -0.1) is 11.3 Å². The summed E-state index contributed by atoms with van der Waals surface area (Å²) in [6.07, 6.45) is 1.91. The fourth-order valence-corrected chi connectivity index (χ4v) is 3.68. The molecule has 0 atom stereocenters. The zero-order valence-electron chi connectivity index (χ0n) is 11.8. The van der Waals surface area contributed by atoms with E-state index < -0.39 is 0 Å². The maximum absolute atomic E-state index is 12.3. The SMILES string of the molecule is Cn1cc(C2=C(c3cccs3)C(=O)NC2=O)c2ccccc21. The number of para-hydroxylation sites is 1. The van der Waals surface area contributed by atoms with Crippen LogP contribution < -0.4 is 5.32 Å². The predicted molar refractivity (Wildman–Crippen MR) is 87.2 cm³/mol. The highest BCUT2D eigenvalue weighted by atomic mass is 32.1. The molecular formula is C17H12N2O2S. The molecule has 0 saturated heterocycles. The average molecular weight is 308 g/mol. The van der Waals surface area contributed by atoms with Gasteiger partial charge in [-0.2, -0.15) is 0 Å². The van der Waals surface area contributed by atoms with Crippen molar-refractivity contribution in [3.63, 3.8) is 0 Å². The number of hydrogen-bond donors (Lipinski definition) is 1. The Morgan fingerprint density at radius 2 is 1.77 bits per heavy atom. The first-order chi connectivity index (χ1) is 10.7. The van der Waals surface area contributed by atoms with Crippen molar-refractivity contribution < 1.29 is 9.59 Å². The molecule has 4 nitrogen and oxygen atoms in total. The van der Waals surface area contributed by atoms with E-state index in [0.717, 1.165) is 21.3 Å². The van der Waals surface area contributed by atoms with Gasteiger partial charge in [0.05, 0.1) is 11.1 Å². The maximum atomic E-state index is 12.3. The molecule has 0 aliphatic carbocycles. The molecule has 5 heteroatoms. The first-order valence-electron chi connectivity index (χ1n) is 6.85. The highest BCUT2D eigenvalue weighted by Gasteiger charge is 2.34. The fourth-order valence-electron chi connectivity index (χ4n) is 2.91. The molecule has 0 radical (unpaired) electrons. The van der Waals surface area contributed by atoms with Crippen molar-refractivity contribution in [1.29, 1.82) is 0 Å². The van der Waals surface area contributed by atoms with E-state index in [9.17, 15) is 9.59 Å². The van der Waals surface area contributed by atoms with Crippen molar-refractivity contribution in [3.8, 4) is 0 Å². The summed E-state index contributed by atoms with van der Waals surface area (Å²) in [5.41, 5.74) is 2.76. The summed E-state index contributed by atoms with van der Waals surface area (Å²) in [4.78, 5) is 25.4. The molecule has 0 spiro atoms. The van der Waals surface area contributed by atoms with Gasteiger partial charge in [0, 0.05) is 34.6 Å². The molecule has 0 unspecified atom stereocenters. The summed E-state index contributed by atoms with van der Waals surface area (Å²) in [5, 5.41) is 5.30. The normalized spacial score (nSPS) is 15.0. The minimum Gasteiger partial charge on any atom is -0.350 e. The molecule has 3 heterocycles.